The Hall–Kier alpha value is -1.15. The molecule has 7 nitrogen and oxygen atoms in total. The van der Waals surface area contributed by atoms with Crippen LogP contribution in [-0.2, 0) is 19.6 Å². The van der Waals surface area contributed by atoms with Crippen molar-refractivity contribution in [3.63, 3.8) is 0 Å². The molecule has 2 aliphatic rings. The maximum atomic E-state index is 12.7. The lowest BCUT2D eigenvalue weighted by Gasteiger charge is -2.34. The van der Waals surface area contributed by atoms with E-state index in [0.717, 1.165) is 6.42 Å². The molecule has 0 aromatic carbocycles. The van der Waals surface area contributed by atoms with Crippen LogP contribution in [0.3, 0.4) is 0 Å². The summed E-state index contributed by atoms with van der Waals surface area (Å²) in [7, 11) is -3.28. The number of rotatable bonds is 5. The number of carboxylic acid groups (broad SMARTS) is 1. The third-order valence-electron chi connectivity index (χ3n) is 4.56. The summed E-state index contributed by atoms with van der Waals surface area (Å²) in [6, 6.07) is -0.247. The molecule has 2 rings (SSSR count). The predicted octanol–water partition coefficient (Wildman–Crippen LogP) is 0.514. The molecule has 0 aliphatic carbocycles. The van der Waals surface area contributed by atoms with Crippen LogP contribution in [0.15, 0.2) is 0 Å². The minimum absolute atomic E-state index is 0.0323. The van der Waals surface area contributed by atoms with Gasteiger partial charge in [-0.15, -0.1) is 0 Å². The van der Waals surface area contributed by atoms with Gasteiger partial charge in [-0.2, -0.15) is 0 Å². The van der Waals surface area contributed by atoms with Crippen LogP contribution >= 0.6 is 0 Å². The van der Waals surface area contributed by atoms with Gasteiger partial charge in [-0.25, -0.2) is 12.7 Å². The molecule has 2 heterocycles. The Bertz CT molecular complexity index is 533. The molecular weight excluding hydrogens is 308 g/mol. The van der Waals surface area contributed by atoms with Crippen molar-refractivity contribution in [2.24, 2.45) is 5.92 Å². The van der Waals surface area contributed by atoms with Crippen molar-refractivity contribution in [1.82, 2.24) is 9.21 Å². The molecule has 1 amide bonds. The Morgan fingerprint density at radius 2 is 1.86 bits per heavy atom. The zero-order valence-electron chi connectivity index (χ0n) is 12.9. The summed E-state index contributed by atoms with van der Waals surface area (Å²) in [6.45, 7) is 2.88. The number of hydrogen-bond acceptors (Lipinski definition) is 4. The lowest BCUT2D eigenvalue weighted by molar-refractivity contribution is -0.141. The van der Waals surface area contributed by atoms with Crippen LogP contribution in [0.25, 0.3) is 0 Å². The maximum absolute atomic E-state index is 12.7. The molecule has 0 saturated carbocycles. The van der Waals surface area contributed by atoms with Gasteiger partial charge in [0.1, 0.15) is 0 Å². The number of carbonyl (C=O) groups is 2. The standard InChI is InChI=1S/C14H24N2O5S/c1-2-22(20,21)15-7-3-5-11(10-15)14(19)16-8-4-6-12(16)9-13(17)18/h11-12H,2-10H2,1H3,(H,17,18). The van der Waals surface area contributed by atoms with Crippen molar-refractivity contribution in [2.75, 3.05) is 25.4 Å². The molecule has 0 bridgehead atoms. The Morgan fingerprint density at radius 3 is 2.50 bits per heavy atom. The van der Waals surface area contributed by atoms with E-state index in [4.69, 9.17) is 5.11 Å². The van der Waals surface area contributed by atoms with E-state index in [2.05, 4.69) is 0 Å². The molecule has 2 atom stereocenters. The number of aliphatic carboxylic acids is 1. The molecule has 126 valence electrons. The summed E-state index contributed by atoms with van der Waals surface area (Å²) in [6.07, 6.45) is 2.84. The van der Waals surface area contributed by atoms with Crippen molar-refractivity contribution in [1.29, 1.82) is 0 Å². The Balaban J connectivity index is 2.04. The lowest BCUT2D eigenvalue weighted by atomic mass is 9.97. The average molecular weight is 332 g/mol. The van der Waals surface area contributed by atoms with Gasteiger partial charge in [0.2, 0.25) is 15.9 Å². The first-order valence-corrected chi connectivity index (χ1v) is 9.46. The minimum atomic E-state index is -3.28. The molecule has 0 aromatic heterocycles. The highest BCUT2D eigenvalue weighted by Gasteiger charge is 2.37. The van der Waals surface area contributed by atoms with E-state index in [1.807, 2.05) is 0 Å². The minimum Gasteiger partial charge on any atom is -0.481 e. The number of nitrogens with zero attached hydrogens (tertiary/aromatic N) is 2. The van der Waals surface area contributed by atoms with E-state index in [0.29, 0.717) is 32.4 Å². The zero-order chi connectivity index (χ0) is 16.3. The van der Waals surface area contributed by atoms with E-state index in [1.54, 1.807) is 11.8 Å². The van der Waals surface area contributed by atoms with Crippen LogP contribution in [-0.4, -0.2) is 66.0 Å². The molecule has 2 saturated heterocycles. The van der Waals surface area contributed by atoms with Gasteiger partial charge in [0.05, 0.1) is 18.1 Å². The van der Waals surface area contributed by atoms with Crippen molar-refractivity contribution in [3.8, 4) is 0 Å². The Labute approximate surface area is 131 Å². The monoisotopic (exact) mass is 332 g/mol. The van der Waals surface area contributed by atoms with Crippen LogP contribution in [0.4, 0.5) is 0 Å². The quantitative estimate of drug-likeness (QED) is 0.792. The second-order valence-electron chi connectivity index (χ2n) is 6.02. The molecule has 2 fully saturated rings. The third-order valence-corrected chi connectivity index (χ3v) is 6.41. The summed E-state index contributed by atoms with van der Waals surface area (Å²) in [5, 5.41) is 8.94. The molecular formula is C14H24N2O5S. The summed E-state index contributed by atoms with van der Waals surface area (Å²) >= 11 is 0. The lowest BCUT2D eigenvalue weighted by Crippen LogP contribution is -2.48. The number of piperidine rings is 1. The Morgan fingerprint density at radius 1 is 1.18 bits per heavy atom. The van der Waals surface area contributed by atoms with Crippen LogP contribution in [0.2, 0.25) is 0 Å². The number of carboxylic acids is 1. The summed E-state index contributed by atoms with van der Waals surface area (Å²) in [5.74, 6) is -1.29. The van der Waals surface area contributed by atoms with E-state index < -0.39 is 16.0 Å². The van der Waals surface area contributed by atoms with Gasteiger partial charge in [-0.05, 0) is 32.6 Å². The SMILES string of the molecule is CCS(=O)(=O)N1CCCC(C(=O)N2CCCC2CC(=O)O)C1. The van der Waals surface area contributed by atoms with Gasteiger partial charge < -0.3 is 10.0 Å². The fourth-order valence-corrected chi connectivity index (χ4v) is 4.53. The summed E-state index contributed by atoms with van der Waals surface area (Å²) < 4.78 is 25.4. The molecule has 2 unspecified atom stereocenters. The number of carbonyl (C=O) groups excluding carboxylic acids is 1. The van der Waals surface area contributed by atoms with Crippen LogP contribution < -0.4 is 0 Å². The topological polar surface area (TPSA) is 95.0 Å². The first-order chi connectivity index (χ1) is 10.3. The number of amides is 1. The van der Waals surface area contributed by atoms with Gasteiger partial charge in [0, 0.05) is 25.7 Å². The van der Waals surface area contributed by atoms with Crippen molar-refractivity contribution in [2.45, 2.75) is 45.1 Å². The van der Waals surface area contributed by atoms with Crippen molar-refractivity contribution < 1.29 is 23.1 Å². The molecule has 8 heteroatoms. The Kier molecular flexibility index (Phi) is 5.44. The molecule has 0 spiro atoms. The first-order valence-electron chi connectivity index (χ1n) is 7.85. The van der Waals surface area contributed by atoms with Crippen LogP contribution in [0.5, 0.6) is 0 Å². The molecule has 1 N–H and O–H groups in total. The molecule has 2 aliphatic heterocycles. The van der Waals surface area contributed by atoms with Gasteiger partial charge in [0.25, 0.3) is 0 Å². The van der Waals surface area contributed by atoms with Gasteiger partial charge in [-0.1, -0.05) is 0 Å². The molecule has 22 heavy (non-hydrogen) atoms. The maximum Gasteiger partial charge on any atom is 0.305 e. The highest BCUT2D eigenvalue weighted by atomic mass is 32.2. The van der Waals surface area contributed by atoms with Gasteiger partial charge in [-0.3, -0.25) is 9.59 Å². The van der Waals surface area contributed by atoms with Crippen molar-refractivity contribution >= 4 is 21.9 Å². The number of likely N-dealkylation sites (tertiary alicyclic amines) is 1. The predicted molar refractivity (Wildman–Crippen MR) is 80.7 cm³/mol. The van der Waals surface area contributed by atoms with Crippen molar-refractivity contribution in [3.05, 3.63) is 0 Å². The smallest absolute Gasteiger partial charge is 0.305 e. The number of sulfonamides is 1. The van der Waals surface area contributed by atoms with Gasteiger partial charge >= 0.3 is 5.97 Å². The first kappa shape index (κ1) is 17.2. The van der Waals surface area contributed by atoms with Crippen LogP contribution in [0.1, 0.15) is 39.0 Å². The highest BCUT2D eigenvalue weighted by Crippen LogP contribution is 2.27. The highest BCUT2D eigenvalue weighted by molar-refractivity contribution is 7.89. The second kappa shape index (κ2) is 6.95. The normalized spacial score (nSPS) is 27.0. The average Bonchev–Trinajstić information content (AvgIpc) is 2.94. The van der Waals surface area contributed by atoms with E-state index >= 15 is 0 Å². The third kappa shape index (κ3) is 3.78. The summed E-state index contributed by atoms with van der Waals surface area (Å²) in [5.41, 5.74) is 0. The second-order valence-corrected chi connectivity index (χ2v) is 8.28. The van der Waals surface area contributed by atoms with E-state index in [1.165, 1.54) is 4.31 Å². The fraction of sp³-hybridized carbons (Fsp3) is 0.857. The summed E-state index contributed by atoms with van der Waals surface area (Å²) in [4.78, 5) is 25.2. The van der Waals surface area contributed by atoms with Crippen LogP contribution in [0, 0.1) is 5.92 Å². The molecule has 0 aromatic rings. The largest absolute Gasteiger partial charge is 0.481 e. The fourth-order valence-electron chi connectivity index (χ4n) is 3.35. The van der Waals surface area contributed by atoms with Gasteiger partial charge in [0.15, 0.2) is 0 Å². The number of hydrogen-bond donors (Lipinski definition) is 1. The molecule has 0 radical (unpaired) electrons. The zero-order valence-corrected chi connectivity index (χ0v) is 13.7. The van der Waals surface area contributed by atoms with E-state index in [-0.39, 0.29) is 36.6 Å². The van der Waals surface area contributed by atoms with E-state index in [9.17, 15) is 18.0 Å².